The molecule has 0 aliphatic heterocycles. The molecule has 0 spiro atoms. The first-order valence-corrected chi connectivity index (χ1v) is 21.8. The maximum absolute atomic E-state index is 2.47. The number of para-hydroxylation sites is 1. The molecule has 0 unspecified atom stereocenters. The van der Waals surface area contributed by atoms with Crippen LogP contribution in [0.5, 0.6) is 0 Å². The van der Waals surface area contributed by atoms with Crippen LogP contribution in [0.25, 0.3) is 98.4 Å². The Balaban J connectivity index is 1.11. The first-order valence-electron chi connectivity index (χ1n) is 21.8. The maximum atomic E-state index is 2.47. The van der Waals surface area contributed by atoms with E-state index in [-0.39, 0.29) is 0 Å². The number of nitrogens with zero attached hydrogens (tertiary/aromatic N) is 1. The third-order valence-corrected chi connectivity index (χ3v) is 12.8. The lowest BCUT2D eigenvalue weighted by molar-refractivity contribution is 1.30. The Morgan fingerprint density at radius 1 is 0.222 bits per heavy atom. The van der Waals surface area contributed by atoms with Crippen LogP contribution in [0.1, 0.15) is 0 Å². The van der Waals surface area contributed by atoms with Crippen molar-refractivity contribution in [2.75, 3.05) is 4.90 Å². The van der Waals surface area contributed by atoms with Crippen molar-refractivity contribution in [3.8, 4) is 44.5 Å². The molecule has 0 heterocycles. The van der Waals surface area contributed by atoms with Crippen molar-refractivity contribution in [3.05, 3.63) is 249 Å². The number of anilines is 3. The Labute approximate surface area is 367 Å². The van der Waals surface area contributed by atoms with Crippen LogP contribution in [-0.4, -0.2) is 0 Å². The van der Waals surface area contributed by atoms with Crippen LogP contribution in [-0.2, 0) is 0 Å². The number of hydrogen-bond acceptors (Lipinski definition) is 1. The molecule has 1 heteroatoms. The highest BCUT2D eigenvalue weighted by atomic mass is 15.1. The zero-order valence-corrected chi connectivity index (χ0v) is 34.6. The second-order valence-electron chi connectivity index (χ2n) is 16.4. The number of hydrogen-bond donors (Lipinski definition) is 0. The van der Waals surface area contributed by atoms with Gasteiger partial charge in [0, 0.05) is 16.6 Å². The SMILES string of the molecule is c1ccc(-c2c(-c3ccccc3)c3cc(-c4ccccc4N(c4ccc(-c5cccc6ccccc56)cc4)c4cccc5c4ccc4ccccc45)ccc3c3ccccc23)cc1. The summed E-state index contributed by atoms with van der Waals surface area (Å²) < 4.78 is 0. The van der Waals surface area contributed by atoms with Crippen molar-refractivity contribution in [2.45, 2.75) is 0 Å². The van der Waals surface area contributed by atoms with Gasteiger partial charge in [-0.15, -0.1) is 0 Å². The second kappa shape index (κ2) is 15.3. The van der Waals surface area contributed by atoms with Crippen LogP contribution in [0.2, 0.25) is 0 Å². The quantitative estimate of drug-likeness (QED) is 0.145. The molecule has 63 heavy (non-hydrogen) atoms. The highest BCUT2D eigenvalue weighted by Crippen LogP contribution is 2.48. The molecular formula is C62H41N. The van der Waals surface area contributed by atoms with Crippen LogP contribution >= 0.6 is 0 Å². The highest BCUT2D eigenvalue weighted by Gasteiger charge is 2.22. The van der Waals surface area contributed by atoms with E-state index in [0.717, 1.165) is 28.2 Å². The van der Waals surface area contributed by atoms with Crippen molar-refractivity contribution in [3.63, 3.8) is 0 Å². The second-order valence-corrected chi connectivity index (χ2v) is 16.4. The molecule has 12 aromatic rings. The summed E-state index contributed by atoms with van der Waals surface area (Å²) in [6, 6.07) is 91.1. The molecular weight excluding hydrogens is 759 g/mol. The molecule has 0 amide bonds. The summed E-state index contributed by atoms with van der Waals surface area (Å²) in [4.78, 5) is 2.47. The van der Waals surface area contributed by atoms with Crippen LogP contribution in [0.15, 0.2) is 249 Å². The minimum absolute atomic E-state index is 1.09. The van der Waals surface area contributed by atoms with E-state index >= 15 is 0 Å². The summed E-state index contributed by atoms with van der Waals surface area (Å²) in [5, 5.41) is 12.4. The van der Waals surface area contributed by atoms with E-state index in [1.807, 2.05) is 0 Å². The van der Waals surface area contributed by atoms with Crippen molar-refractivity contribution in [1.82, 2.24) is 0 Å². The van der Waals surface area contributed by atoms with E-state index in [1.165, 1.54) is 87.2 Å². The highest BCUT2D eigenvalue weighted by molar-refractivity contribution is 6.22. The fraction of sp³-hybridized carbons (Fsp3) is 0. The van der Waals surface area contributed by atoms with E-state index in [0.29, 0.717) is 0 Å². The normalized spacial score (nSPS) is 11.5. The third-order valence-electron chi connectivity index (χ3n) is 12.8. The number of fused-ring (bicyclic) bond motifs is 7. The third kappa shape index (κ3) is 6.25. The minimum Gasteiger partial charge on any atom is -0.309 e. The molecule has 1 nitrogen and oxygen atoms in total. The van der Waals surface area contributed by atoms with Gasteiger partial charge in [0.2, 0.25) is 0 Å². The lowest BCUT2D eigenvalue weighted by Crippen LogP contribution is -2.11. The molecule has 12 aromatic carbocycles. The first-order chi connectivity index (χ1) is 31.3. The molecule has 0 N–H and O–H groups in total. The average Bonchev–Trinajstić information content (AvgIpc) is 3.36. The molecule has 0 aromatic heterocycles. The molecule has 294 valence electrons. The van der Waals surface area contributed by atoms with E-state index in [2.05, 4.69) is 254 Å². The summed E-state index contributed by atoms with van der Waals surface area (Å²) in [7, 11) is 0. The van der Waals surface area contributed by atoms with Crippen LogP contribution in [0, 0.1) is 0 Å². The van der Waals surface area contributed by atoms with Gasteiger partial charge in [-0.05, 0) is 118 Å². The summed E-state index contributed by atoms with van der Waals surface area (Å²) in [6.07, 6.45) is 0. The van der Waals surface area contributed by atoms with Gasteiger partial charge in [-0.25, -0.2) is 0 Å². The summed E-state index contributed by atoms with van der Waals surface area (Å²) in [5.41, 5.74) is 13.0. The van der Waals surface area contributed by atoms with E-state index in [1.54, 1.807) is 0 Å². The van der Waals surface area contributed by atoms with E-state index < -0.39 is 0 Å². The van der Waals surface area contributed by atoms with Gasteiger partial charge in [-0.2, -0.15) is 0 Å². The van der Waals surface area contributed by atoms with Gasteiger partial charge < -0.3 is 4.90 Å². The molecule has 0 fully saturated rings. The molecule has 12 rings (SSSR count). The van der Waals surface area contributed by atoms with Gasteiger partial charge >= 0.3 is 0 Å². The van der Waals surface area contributed by atoms with Crippen molar-refractivity contribution < 1.29 is 0 Å². The van der Waals surface area contributed by atoms with Crippen molar-refractivity contribution >= 4 is 70.9 Å². The average molecular weight is 800 g/mol. The monoisotopic (exact) mass is 799 g/mol. The van der Waals surface area contributed by atoms with Gasteiger partial charge in [0.15, 0.2) is 0 Å². The Bertz CT molecular complexity index is 3660. The van der Waals surface area contributed by atoms with Crippen molar-refractivity contribution in [1.29, 1.82) is 0 Å². The van der Waals surface area contributed by atoms with E-state index in [4.69, 9.17) is 0 Å². The maximum Gasteiger partial charge on any atom is 0.0540 e. The standard InChI is InChI=1S/C62H41N/c1-3-19-45(20-4-1)61-57-28-12-11-27-54(57)55-39-36-47(41-58(55)62(61)46-21-5-2-6-22-46)52-26-13-14-31-59(52)63(60-32-16-30-53-51-25-10-8-18-43(51)35-40-56(53)60)48-37-33-44(34-38-48)50-29-15-23-42-17-7-9-24-49(42)50/h1-41H. The molecule has 0 saturated heterocycles. The lowest BCUT2D eigenvalue weighted by Gasteiger charge is -2.29. The number of benzene rings is 12. The summed E-state index contributed by atoms with van der Waals surface area (Å²) in [6.45, 7) is 0. The Morgan fingerprint density at radius 3 is 1.46 bits per heavy atom. The number of rotatable bonds is 7. The van der Waals surface area contributed by atoms with Gasteiger partial charge in [0.25, 0.3) is 0 Å². The van der Waals surface area contributed by atoms with Crippen LogP contribution in [0.3, 0.4) is 0 Å². The fourth-order valence-corrected chi connectivity index (χ4v) is 9.97. The molecule has 0 radical (unpaired) electrons. The molecule has 0 saturated carbocycles. The summed E-state index contributed by atoms with van der Waals surface area (Å²) >= 11 is 0. The Kier molecular flexibility index (Phi) is 8.90. The predicted octanol–water partition coefficient (Wildman–Crippen LogP) is 17.6. The molecule has 0 aliphatic rings. The summed E-state index contributed by atoms with van der Waals surface area (Å²) in [5.74, 6) is 0. The smallest absolute Gasteiger partial charge is 0.0540 e. The van der Waals surface area contributed by atoms with Crippen LogP contribution < -0.4 is 4.90 Å². The van der Waals surface area contributed by atoms with Gasteiger partial charge in [-0.1, -0.05) is 218 Å². The molecule has 0 aliphatic carbocycles. The molecule has 0 atom stereocenters. The van der Waals surface area contributed by atoms with Gasteiger partial charge in [-0.3, -0.25) is 0 Å². The zero-order chi connectivity index (χ0) is 41.7. The largest absolute Gasteiger partial charge is 0.309 e. The van der Waals surface area contributed by atoms with E-state index in [9.17, 15) is 0 Å². The topological polar surface area (TPSA) is 3.24 Å². The van der Waals surface area contributed by atoms with Crippen molar-refractivity contribution in [2.24, 2.45) is 0 Å². The van der Waals surface area contributed by atoms with Gasteiger partial charge in [0.1, 0.15) is 0 Å². The van der Waals surface area contributed by atoms with Crippen LogP contribution in [0.4, 0.5) is 17.1 Å². The fourth-order valence-electron chi connectivity index (χ4n) is 9.97. The Hall–Kier alpha value is -8.26. The Morgan fingerprint density at radius 2 is 0.698 bits per heavy atom. The minimum atomic E-state index is 1.09. The zero-order valence-electron chi connectivity index (χ0n) is 34.6. The lowest BCUT2D eigenvalue weighted by atomic mass is 9.84. The predicted molar refractivity (Wildman–Crippen MR) is 270 cm³/mol. The first kappa shape index (κ1) is 36.6. The van der Waals surface area contributed by atoms with Gasteiger partial charge in [0.05, 0.1) is 11.4 Å². The molecule has 0 bridgehead atoms.